The summed E-state index contributed by atoms with van der Waals surface area (Å²) in [5.74, 6) is 0. The SMILES string of the molecule is Cc1cnn(CCn2cncc2C2CCCCN2)c1. The van der Waals surface area contributed by atoms with Gasteiger partial charge in [0.25, 0.3) is 0 Å². The summed E-state index contributed by atoms with van der Waals surface area (Å²) in [7, 11) is 0. The predicted octanol–water partition coefficient (Wildman–Crippen LogP) is 1.90. The maximum atomic E-state index is 4.32. The van der Waals surface area contributed by atoms with Crippen molar-refractivity contribution in [2.24, 2.45) is 0 Å². The summed E-state index contributed by atoms with van der Waals surface area (Å²) in [6.45, 7) is 5.00. The lowest BCUT2D eigenvalue weighted by Crippen LogP contribution is -2.28. The lowest BCUT2D eigenvalue weighted by Gasteiger charge is -2.24. The first kappa shape index (κ1) is 12.4. The van der Waals surface area contributed by atoms with Crippen molar-refractivity contribution in [3.63, 3.8) is 0 Å². The molecule has 5 heteroatoms. The van der Waals surface area contributed by atoms with Crippen molar-refractivity contribution in [1.29, 1.82) is 0 Å². The van der Waals surface area contributed by atoms with Crippen LogP contribution in [0.15, 0.2) is 24.9 Å². The molecule has 0 bridgehead atoms. The lowest BCUT2D eigenvalue weighted by molar-refractivity contribution is 0.388. The molecule has 1 atom stereocenters. The number of piperidine rings is 1. The number of nitrogens with one attached hydrogen (secondary N) is 1. The van der Waals surface area contributed by atoms with Crippen molar-refractivity contribution in [1.82, 2.24) is 24.6 Å². The van der Waals surface area contributed by atoms with Gasteiger partial charge in [-0.3, -0.25) is 4.68 Å². The van der Waals surface area contributed by atoms with E-state index in [0.29, 0.717) is 6.04 Å². The Morgan fingerprint density at radius 3 is 3.00 bits per heavy atom. The molecule has 0 spiro atoms. The first-order chi connectivity index (χ1) is 9.33. The first-order valence-electron chi connectivity index (χ1n) is 7.05. The molecule has 1 aliphatic rings. The van der Waals surface area contributed by atoms with E-state index in [1.165, 1.54) is 30.5 Å². The minimum atomic E-state index is 0.468. The van der Waals surface area contributed by atoms with Crippen LogP contribution in [0.25, 0.3) is 0 Å². The third-order valence-corrected chi connectivity index (χ3v) is 3.74. The van der Waals surface area contributed by atoms with Crippen molar-refractivity contribution in [3.05, 3.63) is 36.2 Å². The Morgan fingerprint density at radius 2 is 2.26 bits per heavy atom. The number of hydrogen-bond donors (Lipinski definition) is 1. The topological polar surface area (TPSA) is 47.7 Å². The minimum absolute atomic E-state index is 0.468. The quantitative estimate of drug-likeness (QED) is 0.912. The van der Waals surface area contributed by atoms with E-state index in [2.05, 4.69) is 33.1 Å². The molecule has 1 fully saturated rings. The molecule has 0 saturated carbocycles. The summed E-state index contributed by atoms with van der Waals surface area (Å²) in [4.78, 5) is 4.31. The van der Waals surface area contributed by atoms with Crippen LogP contribution < -0.4 is 5.32 Å². The van der Waals surface area contributed by atoms with Crippen LogP contribution in [0.1, 0.15) is 36.6 Å². The predicted molar refractivity (Wildman–Crippen MR) is 73.8 cm³/mol. The highest BCUT2D eigenvalue weighted by atomic mass is 15.3. The summed E-state index contributed by atoms with van der Waals surface area (Å²) in [6, 6.07) is 0.468. The molecule has 3 rings (SSSR count). The van der Waals surface area contributed by atoms with Crippen LogP contribution in [0, 0.1) is 6.92 Å². The normalized spacial score (nSPS) is 19.7. The van der Waals surface area contributed by atoms with Gasteiger partial charge in [0, 0.05) is 25.0 Å². The minimum Gasteiger partial charge on any atom is -0.331 e. The largest absolute Gasteiger partial charge is 0.331 e. The van der Waals surface area contributed by atoms with Gasteiger partial charge in [-0.25, -0.2) is 4.98 Å². The van der Waals surface area contributed by atoms with Gasteiger partial charge in [0.1, 0.15) is 0 Å². The molecule has 3 heterocycles. The fourth-order valence-corrected chi connectivity index (χ4v) is 2.71. The van der Waals surface area contributed by atoms with Crippen molar-refractivity contribution in [2.75, 3.05) is 6.54 Å². The molecule has 1 N–H and O–H groups in total. The van der Waals surface area contributed by atoms with E-state index < -0.39 is 0 Å². The summed E-state index contributed by atoms with van der Waals surface area (Å²) < 4.78 is 4.24. The summed E-state index contributed by atoms with van der Waals surface area (Å²) in [5, 5.41) is 7.91. The van der Waals surface area contributed by atoms with E-state index in [1.54, 1.807) is 0 Å². The fraction of sp³-hybridized carbons (Fsp3) is 0.571. The molecule has 0 aromatic carbocycles. The molecular formula is C14H21N5. The second kappa shape index (κ2) is 5.57. The molecule has 0 aliphatic carbocycles. The molecular weight excluding hydrogens is 238 g/mol. The molecule has 19 heavy (non-hydrogen) atoms. The van der Waals surface area contributed by atoms with E-state index in [9.17, 15) is 0 Å². The highest BCUT2D eigenvalue weighted by Gasteiger charge is 2.18. The van der Waals surface area contributed by atoms with Gasteiger partial charge in [-0.2, -0.15) is 5.10 Å². The Kier molecular flexibility index (Phi) is 3.64. The summed E-state index contributed by atoms with van der Waals surface area (Å²) >= 11 is 0. The maximum absolute atomic E-state index is 4.32. The van der Waals surface area contributed by atoms with Crippen LogP contribution in [-0.2, 0) is 13.1 Å². The molecule has 2 aromatic rings. The molecule has 5 nitrogen and oxygen atoms in total. The number of rotatable bonds is 4. The van der Waals surface area contributed by atoms with Gasteiger partial charge < -0.3 is 9.88 Å². The van der Waals surface area contributed by atoms with Gasteiger partial charge in [-0.05, 0) is 31.9 Å². The van der Waals surface area contributed by atoms with Crippen molar-refractivity contribution in [2.45, 2.75) is 45.3 Å². The molecule has 1 unspecified atom stereocenters. The number of aromatic nitrogens is 4. The second-order valence-corrected chi connectivity index (χ2v) is 5.30. The van der Waals surface area contributed by atoms with Crippen LogP contribution in [0.4, 0.5) is 0 Å². The van der Waals surface area contributed by atoms with Crippen LogP contribution in [-0.4, -0.2) is 25.9 Å². The number of nitrogens with zero attached hydrogens (tertiary/aromatic N) is 4. The van der Waals surface area contributed by atoms with Crippen LogP contribution in [0.2, 0.25) is 0 Å². The van der Waals surface area contributed by atoms with E-state index in [1.807, 2.05) is 23.4 Å². The van der Waals surface area contributed by atoms with Gasteiger partial charge >= 0.3 is 0 Å². The number of imidazole rings is 1. The van der Waals surface area contributed by atoms with Crippen LogP contribution in [0.3, 0.4) is 0 Å². The van der Waals surface area contributed by atoms with E-state index in [0.717, 1.165) is 19.6 Å². The smallest absolute Gasteiger partial charge is 0.0949 e. The monoisotopic (exact) mass is 259 g/mol. The number of aryl methyl sites for hydroxylation is 3. The van der Waals surface area contributed by atoms with Crippen LogP contribution >= 0.6 is 0 Å². The lowest BCUT2D eigenvalue weighted by atomic mass is 10.0. The van der Waals surface area contributed by atoms with Gasteiger partial charge in [0.05, 0.1) is 24.8 Å². The molecule has 1 saturated heterocycles. The van der Waals surface area contributed by atoms with E-state index in [4.69, 9.17) is 0 Å². The van der Waals surface area contributed by atoms with Gasteiger partial charge in [-0.15, -0.1) is 0 Å². The Bertz CT molecular complexity index is 521. The van der Waals surface area contributed by atoms with Crippen LogP contribution in [0.5, 0.6) is 0 Å². The van der Waals surface area contributed by atoms with Crippen molar-refractivity contribution < 1.29 is 0 Å². The summed E-state index contributed by atoms with van der Waals surface area (Å²) in [5.41, 5.74) is 2.52. The molecule has 2 aromatic heterocycles. The zero-order chi connectivity index (χ0) is 13.1. The molecule has 102 valence electrons. The Labute approximate surface area is 113 Å². The van der Waals surface area contributed by atoms with E-state index in [-0.39, 0.29) is 0 Å². The van der Waals surface area contributed by atoms with Gasteiger partial charge in [-0.1, -0.05) is 6.42 Å². The van der Waals surface area contributed by atoms with Crippen molar-refractivity contribution >= 4 is 0 Å². The van der Waals surface area contributed by atoms with Gasteiger partial charge in [0.2, 0.25) is 0 Å². The molecule has 1 aliphatic heterocycles. The average Bonchev–Trinajstić information content (AvgIpc) is 3.06. The van der Waals surface area contributed by atoms with E-state index >= 15 is 0 Å². The Hall–Kier alpha value is -1.62. The highest BCUT2D eigenvalue weighted by Crippen LogP contribution is 2.22. The molecule has 0 radical (unpaired) electrons. The third kappa shape index (κ3) is 2.87. The average molecular weight is 259 g/mol. The maximum Gasteiger partial charge on any atom is 0.0949 e. The first-order valence-corrected chi connectivity index (χ1v) is 7.05. The molecule has 0 amide bonds. The third-order valence-electron chi connectivity index (χ3n) is 3.74. The second-order valence-electron chi connectivity index (χ2n) is 5.30. The number of hydrogen-bond acceptors (Lipinski definition) is 3. The standard InChI is InChI=1S/C14H21N5/c1-12-8-17-19(10-12)7-6-18-11-15-9-14(18)13-4-2-3-5-16-13/h8-11,13,16H,2-7H2,1H3. The van der Waals surface area contributed by atoms with Crippen molar-refractivity contribution in [3.8, 4) is 0 Å². The highest BCUT2D eigenvalue weighted by molar-refractivity contribution is 5.06. The van der Waals surface area contributed by atoms with Gasteiger partial charge in [0.15, 0.2) is 0 Å². The summed E-state index contributed by atoms with van der Waals surface area (Å²) in [6.07, 6.45) is 11.7. The Morgan fingerprint density at radius 1 is 1.32 bits per heavy atom. The Balaban J connectivity index is 1.66. The fourth-order valence-electron chi connectivity index (χ4n) is 2.71. The zero-order valence-corrected chi connectivity index (χ0v) is 11.4. The zero-order valence-electron chi connectivity index (χ0n) is 11.4.